The largest absolute Gasteiger partial charge is 0.369 e. The van der Waals surface area contributed by atoms with E-state index in [1.165, 1.54) is 11.6 Å². The van der Waals surface area contributed by atoms with Gasteiger partial charge in [-0.2, -0.15) is 0 Å². The van der Waals surface area contributed by atoms with E-state index in [2.05, 4.69) is 5.32 Å². The molecular formula is C14H19FN2O. The van der Waals surface area contributed by atoms with Gasteiger partial charge in [0.2, 0.25) is 5.91 Å². The topological polar surface area (TPSA) is 55.1 Å². The molecule has 0 aliphatic heterocycles. The molecule has 1 aromatic carbocycles. The van der Waals surface area contributed by atoms with Crippen LogP contribution in [0.15, 0.2) is 18.2 Å². The lowest BCUT2D eigenvalue weighted by molar-refractivity contribution is -0.125. The van der Waals surface area contributed by atoms with E-state index in [1.807, 2.05) is 19.9 Å². The first-order chi connectivity index (χ1) is 8.40. The number of nitrogens with one attached hydrogen (secondary N) is 1. The monoisotopic (exact) mass is 250 g/mol. The number of nitrogens with two attached hydrogens (primary N) is 1. The Kier molecular flexibility index (Phi) is 3.39. The molecule has 0 spiro atoms. The van der Waals surface area contributed by atoms with Gasteiger partial charge in [-0.1, -0.05) is 6.07 Å². The average Bonchev–Trinajstić information content (AvgIpc) is 2.68. The molecule has 0 heterocycles. The Morgan fingerprint density at radius 3 is 2.94 bits per heavy atom. The highest BCUT2D eigenvalue weighted by atomic mass is 19.1. The van der Waals surface area contributed by atoms with Crippen LogP contribution in [0.25, 0.3) is 0 Å². The van der Waals surface area contributed by atoms with E-state index < -0.39 is 5.41 Å². The summed E-state index contributed by atoms with van der Waals surface area (Å²) in [6.45, 7) is 4.12. The second kappa shape index (κ2) is 4.69. The number of hydrogen-bond acceptors (Lipinski definition) is 2. The molecule has 1 aromatic rings. The highest BCUT2D eigenvalue weighted by Gasteiger charge is 2.28. The molecule has 3 nitrogen and oxygen atoms in total. The zero-order valence-electron chi connectivity index (χ0n) is 10.8. The van der Waals surface area contributed by atoms with Gasteiger partial charge in [-0.3, -0.25) is 4.79 Å². The third kappa shape index (κ3) is 2.53. The van der Waals surface area contributed by atoms with Gasteiger partial charge in [0.15, 0.2) is 0 Å². The van der Waals surface area contributed by atoms with Gasteiger partial charge in [0, 0.05) is 12.6 Å². The molecule has 1 aliphatic carbocycles. The fraction of sp³-hybridized carbons (Fsp3) is 0.500. The van der Waals surface area contributed by atoms with Gasteiger partial charge < -0.3 is 11.1 Å². The van der Waals surface area contributed by atoms with Gasteiger partial charge in [0.25, 0.3) is 0 Å². The first-order valence-electron chi connectivity index (χ1n) is 6.22. The molecule has 1 atom stereocenters. The Labute approximate surface area is 107 Å². The number of carbonyl (C=O) groups excluding carboxylic acids is 1. The number of carbonyl (C=O) groups is 1. The van der Waals surface area contributed by atoms with Crippen molar-refractivity contribution in [1.29, 1.82) is 0 Å². The Morgan fingerprint density at radius 1 is 1.56 bits per heavy atom. The van der Waals surface area contributed by atoms with E-state index in [4.69, 9.17) is 5.73 Å². The molecule has 0 saturated carbocycles. The van der Waals surface area contributed by atoms with E-state index in [0.29, 0.717) is 6.54 Å². The molecule has 0 bridgehead atoms. The molecule has 4 heteroatoms. The lowest BCUT2D eigenvalue weighted by atomic mass is 9.92. The number of rotatable bonds is 4. The molecule has 1 aliphatic rings. The standard InChI is InChI=1S/C14H19FN2O/c1-14(2,13(16)18)8-17-12-6-4-9-3-5-10(15)7-11(9)12/h3,5,7,12,17H,4,6,8H2,1-2H3,(H2,16,18)/t12-/m0/s1. The van der Waals surface area contributed by atoms with Gasteiger partial charge in [-0.05, 0) is 49.9 Å². The van der Waals surface area contributed by atoms with Crippen molar-refractivity contribution in [2.24, 2.45) is 11.1 Å². The van der Waals surface area contributed by atoms with Crippen LogP contribution in [0.4, 0.5) is 4.39 Å². The molecular weight excluding hydrogens is 231 g/mol. The second-order valence-corrected chi connectivity index (χ2v) is 5.56. The molecule has 98 valence electrons. The second-order valence-electron chi connectivity index (χ2n) is 5.56. The number of primary amides is 1. The third-order valence-electron chi connectivity index (χ3n) is 3.64. The van der Waals surface area contributed by atoms with Crippen molar-refractivity contribution in [3.63, 3.8) is 0 Å². The summed E-state index contributed by atoms with van der Waals surface area (Å²) in [5.74, 6) is -0.538. The van der Waals surface area contributed by atoms with Crippen LogP contribution in [0.3, 0.4) is 0 Å². The summed E-state index contributed by atoms with van der Waals surface area (Å²) in [5, 5.41) is 3.32. The first kappa shape index (κ1) is 13.0. The van der Waals surface area contributed by atoms with Gasteiger partial charge >= 0.3 is 0 Å². The van der Waals surface area contributed by atoms with Crippen LogP contribution in [0, 0.1) is 11.2 Å². The fourth-order valence-corrected chi connectivity index (χ4v) is 2.25. The van der Waals surface area contributed by atoms with Crippen LogP contribution < -0.4 is 11.1 Å². The molecule has 0 fully saturated rings. The SMILES string of the molecule is CC(C)(CN[C@H]1CCc2ccc(F)cc21)C(N)=O. The van der Waals surface area contributed by atoms with Crippen molar-refractivity contribution in [2.45, 2.75) is 32.7 Å². The average molecular weight is 250 g/mol. The molecule has 1 amide bonds. The number of fused-ring (bicyclic) bond motifs is 1. The highest BCUT2D eigenvalue weighted by Crippen LogP contribution is 2.32. The highest BCUT2D eigenvalue weighted by molar-refractivity contribution is 5.80. The Morgan fingerprint density at radius 2 is 2.28 bits per heavy atom. The number of halogens is 1. The zero-order valence-corrected chi connectivity index (χ0v) is 10.8. The maximum atomic E-state index is 13.2. The summed E-state index contributed by atoms with van der Waals surface area (Å²) < 4.78 is 13.2. The summed E-state index contributed by atoms with van der Waals surface area (Å²) in [7, 11) is 0. The third-order valence-corrected chi connectivity index (χ3v) is 3.64. The minimum absolute atomic E-state index is 0.120. The number of amides is 1. The van der Waals surface area contributed by atoms with Crippen LogP contribution in [-0.4, -0.2) is 12.5 Å². The van der Waals surface area contributed by atoms with E-state index >= 15 is 0 Å². The Bertz CT molecular complexity index is 471. The summed E-state index contributed by atoms with van der Waals surface area (Å²) in [6, 6.07) is 5.03. The summed E-state index contributed by atoms with van der Waals surface area (Å²) >= 11 is 0. The van der Waals surface area contributed by atoms with E-state index in [-0.39, 0.29) is 17.8 Å². The number of aryl methyl sites for hydroxylation is 1. The summed E-state index contributed by atoms with van der Waals surface area (Å²) in [6.07, 6.45) is 1.89. The quantitative estimate of drug-likeness (QED) is 0.857. The van der Waals surface area contributed by atoms with Crippen LogP contribution in [0.5, 0.6) is 0 Å². The van der Waals surface area contributed by atoms with Crippen LogP contribution in [0.1, 0.15) is 37.4 Å². The van der Waals surface area contributed by atoms with E-state index in [9.17, 15) is 9.18 Å². The van der Waals surface area contributed by atoms with Crippen LogP contribution >= 0.6 is 0 Å². The minimum Gasteiger partial charge on any atom is -0.369 e. The van der Waals surface area contributed by atoms with Crippen LogP contribution in [0.2, 0.25) is 0 Å². The summed E-state index contributed by atoms with van der Waals surface area (Å²) in [5.41, 5.74) is 6.94. The molecule has 0 aromatic heterocycles. The molecule has 0 saturated heterocycles. The van der Waals surface area contributed by atoms with Gasteiger partial charge in [-0.15, -0.1) is 0 Å². The maximum absolute atomic E-state index is 13.2. The smallest absolute Gasteiger partial charge is 0.224 e. The Balaban J connectivity index is 2.06. The number of benzene rings is 1. The Hall–Kier alpha value is -1.42. The first-order valence-corrected chi connectivity index (χ1v) is 6.22. The van der Waals surface area contributed by atoms with Crippen molar-refractivity contribution in [1.82, 2.24) is 5.32 Å². The van der Waals surface area contributed by atoms with Crippen molar-refractivity contribution < 1.29 is 9.18 Å². The predicted octanol–water partition coefficient (Wildman–Crippen LogP) is 1.91. The lowest BCUT2D eigenvalue weighted by Crippen LogP contribution is -2.41. The molecule has 0 radical (unpaired) electrons. The summed E-state index contributed by atoms with van der Waals surface area (Å²) in [4.78, 5) is 11.2. The van der Waals surface area contributed by atoms with Gasteiger partial charge in [-0.25, -0.2) is 4.39 Å². The van der Waals surface area contributed by atoms with Gasteiger partial charge in [0.1, 0.15) is 5.82 Å². The zero-order chi connectivity index (χ0) is 13.3. The van der Waals surface area contributed by atoms with Crippen molar-refractivity contribution in [3.05, 3.63) is 35.1 Å². The van der Waals surface area contributed by atoms with E-state index in [1.54, 1.807) is 6.07 Å². The van der Waals surface area contributed by atoms with E-state index in [0.717, 1.165) is 18.4 Å². The fourth-order valence-electron chi connectivity index (χ4n) is 2.25. The normalized spacial score (nSPS) is 18.7. The lowest BCUT2D eigenvalue weighted by Gasteiger charge is -2.24. The van der Waals surface area contributed by atoms with Crippen molar-refractivity contribution in [3.8, 4) is 0 Å². The van der Waals surface area contributed by atoms with Crippen molar-refractivity contribution >= 4 is 5.91 Å². The van der Waals surface area contributed by atoms with Gasteiger partial charge in [0.05, 0.1) is 5.41 Å². The molecule has 2 rings (SSSR count). The predicted molar refractivity (Wildman–Crippen MR) is 68.4 cm³/mol. The molecule has 0 unspecified atom stereocenters. The minimum atomic E-state index is -0.587. The number of hydrogen-bond donors (Lipinski definition) is 2. The molecule has 18 heavy (non-hydrogen) atoms. The maximum Gasteiger partial charge on any atom is 0.224 e. The van der Waals surface area contributed by atoms with Crippen LogP contribution in [-0.2, 0) is 11.2 Å². The molecule has 3 N–H and O–H groups in total. The van der Waals surface area contributed by atoms with Crippen molar-refractivity contribution in [2.75, 3.05) is 6.54 Å².